The van der Waals surface area contributed by atoms with Gasteiger partial charge in [0.05, 0.1) is 11.1 Å². The van der Waals surface area contributed by atoms with Gasteiger partial charge in [0.25, 0.3) is 11.6 Å². The zero-order valence-corrected chi connectivity index (χ0v) is 11.0. The number of nitrogens with two attached hydrogens (primary N) is 1. The monoisotopic (exact) mass is 299 g/mol. The molecule has 0 unspecified atom stereocenters. The van der Waals surface area contributed by atoms with Crippen LogP contribution in [0.3, 0.4) is 0 Å². The molecule has 110 valence electrons. The lowest BCUT2D eigenvalue weighted by Crippen LogP contribution is -1.99. The highest BCUT2D eigenvalue weighted by Crippen LogP contribution is 2.25. The molecule has 10 nitrogen and oxygen atoms in total. The average Bonchev–Trinajstić information content (AvgIpc) is 3.14. The van der Waals surface area contributed by atoms with Crippen LogP contribution in [-0.4, -0.2) is 31.5 Å². The van der Waals surface area contributed by atoms with Crippen LogP contribution in [-0.2, 0) is 0 Å². The van der Waals surface area contributed by atoms with E-state index < -0.39 is 4.92 Å². The van der Waals surface area contributed by atoms with Crippen molar-refractivity contribution in [2.24, 2.45) is 5.10 Å². The second kappa shape index (κ2) is 5.44. The maximum atomic E-state index is 10.8. The van der Waals surface area contributed by atoms with Crippen molar-refractivity contribution in [3.63, 3.8) is 0 Å². The number of nitrogen functional groups attached to an aromatic ring is 1. The summed E-state index contributed by atoms with van der Waals surface area (Å²) < 4.78 is 5.55. The lowest BCUT2D eigenvalue weighted by molar-refractivity contribution is -0.384. The summed E-state index contributed by atoms with van der Waals surface area (Å²) in [6.45, 7) is 0. The van der Waals surface area contributed by atoms with E-state index in [2.05, 4.69) is 20.6 Å². The Balaban J connectivity index is 1.85. The van der Waals surface area contributed by atoms with Crippen molar-refractivity contribution in [2.75, 3.05) is 5.73 Å². The lowest BCUT2D eigenvalue weighted by Gasteiger charge is -1.96. The Morgan fingerprint density at radius 1 is 1.36 bits per heavy atom. The fourth-order valence-electron chi connectivity index (χ4n) is 1.73. The number of aromatic nitrogens is 4. The van der Waals surface area contributed by atoms with Gasteiger partial charge < -0.3 is 10.2 Å². The molecule has 0 spiro atoms. The Morgan fingerprint density at radius 3 is 2.95 bits per heavy atom. The minimum atomic E-state index is -0.463. The molecule has 2 aromatic heterocycles. The number of tetrazole rings is 1. The maximum absolute atomic E-state index is 10.8. The molecule has 2 heterocycles. The molecule has 0 saturated carbocycles. The van der Waals surface area contributed by atoms with Crippen LogP contribution in [0.4, 0.5) is 11.6 Å². The van der Waals surface area contributed by atoms with Crippen molar-refractivity contribution in [1.82, 2.24) is 20.3 Å². The molecule has 10 heteroatoms. The molecule has 22 heavy (non-hydrogen) atoms. The Hall–Kier alpha value is -3.56. The summed E-state index contributed by atoms with van der Waals surface area (Å²) in [7, 11) is 0. The molecule has 0 amide bonds. The van der Waals surface area contributed by atoms with Crippen LogP contribution >= 0.6 is 0 Å². The summed E-state index contributed by atoms with van der Waals surface area (Å²) >= 11 is 0. The Labute approximate surface area is 123 Å². The third-order valence-corrected chi connectivity index (χ3v) is 2.74. The number of benzene rings is 1. The van der Waals surface area contributed by atoms with Crippen molar-refractivity contribution >= 4 is 17.9 Å². The fourth-order valence-corrected chi connectivity index (χ4v) is 1.73. The molecule has 0 aliphatic carbocycles. The van der Waals surface area contributed by atoms with Crippen molar-refractivity contribution in [3.05, 3.63) is 52.3 Å². The van der Waals surface area contributed by atoms with Gasteiger partial charge in [0.2, 0.25) is 0 Å². The molecular formula is C12H9N7O3. The van der Waals surface area contributed by atoms with Crippen molar-refractivity contribution in [3.8, 4) is 11.3 Å². The first-order valence-electron chi connectivity index (χ1n) is 6.06. The van der Waals surface area contributed by atoms with Gasteiger partial charge in [0, 0.05) is 17.7 Å². The average molecular weight is 299 g/mol. The smallest absolute Gasteiger partial charge is 0.270 e. The third kappa shape index (κ3) is 2.65. The van der Waals surface area contributed by atoms with Gasteiger partial charge in [-0.1, -0.05) is 22.0 Å². The number of hydrogen-bond acceptors (Lipinski definition) is 8. The zero-order chi connectivity index (χ0) is 15.5. The summed E-state index contributed by atoms with van der Waals surface area (Å²) in [6.07, 6.45) is 1.38. The van der Waals surface area contributed by atoms with E-state index >= 15 is 0 Å². The van der Waals surface area contributed by atoms with Crippen molar-refractivity contribution in [2.45, 2.75) is 0 Å². The number of hydrogen-bond donors (Lipinski definition) is 1. The minimum Gasteiger partial charge on any atom is -0.455 e. The number of anilines is 1. The van der Waals surface area contributed by atoms with Crippen LogP contribution < -0.4 is 5.73 Å². The first kappa shape index (κ1) is 13.4. The van der Waals surface area contributed by atoms with Gasteiger partial charge >= 0.3 is 0 Å². The van der Waals surface area contributed by atoms with E-state index in [-0.39, 0.29) is 11.6 Å². The van der Waals surface area contributed by atoms with E-state index in [1.807, 2.05) is 0 Å². The van der Waals surface area contributed by atoms with Crippen LogP contribution in [0.1, 0.15) is 5.76 Å². The van der Waals surface area contributed by atoms with Crippen LogP contribution in [0.15, 0.2) is 45.9 Å². The molecule has 0 aliphatic rings. The first-order valence-corrected chi connectivity index (χ1v) is 6.06. The predicted octanol–water partition coefficient (Wildman–Crippen LogP) is 1.31. The Kier molecular flexibility index (Phi) is 3.32. The molecular weight excluding hydrogens is 290 g/mol. The van der Waals surface area contributed by atoms with Gasteiger partial charge in [-0.2, -0.15) is 5.10 Å². The molecule has 2 N–H and O–H groups in total. The number of rotatable bonds is 4. The Morgan fingerprint density at radius 2 is 2.23 bits per heavy atom. The molecule has 0 aliphatic heterocycles. The van der Waals surface area contributed by atoms with E-state index in [1.54, 1.807) is 24.3 Å². The van der Waals surface area contributed by atoms with Gasteiger partial charge in [-0.3, -0.25) is 10.1 Å². The number of nitro groups is 1. The van der Waals surface area contributed by atoms with Crippen LogP contribution in [0, 0.1) is 10.1 Å². The Bertz CT molecular complexity index is 852. The second-order valence-electron chi connectivity index (χ2n) is 4.18. The maximum Gasteiger partial charge on any atom is 0.270 e. The molecule has 3 aromatic rings. The van der Waals surface area contributed by atoms with Gasteiger partial charge in [-0.15, -0.1) is 0 Å². The molecule has 0 bridgehead atoms. The van der Waals surface area contributed by atoms with E-state index in [9.17, 15) is 10.1 Å². The van der Waals surface area contributed by atoms with E-state index in [4.69, 9.17) is 10.2 Å². The van der Waals surface area contributed by atoms with Gasteiger partial charge in [0.1, 0.15) is 11.5 Å². The van der Waals surface area contributed by atoms with Gasteiger partial charge in [-0.25, -0.2) is 0 Å². The van der Waals surface area contributed by atoms with Crippen molar-refractivity contribution in [1.29, 1.82) is 0 Å². The lowest BCUT2D eigenvalue weighted by atomic mass is 10.1. The molecule has 0 saturated heterocycles. The van der Waals surface area contributed by atoms with Crippen LogP contribution in [0.25, 0.3) is 11.3 Å². The van der Waals surface area contributed by atoms with E-state index in [0.29, 0.717) is 17.1 Å². The summed E-state index contributed by atoms with van der Waals surface area (Å²) in [5, 5.41) is 25.1. The normalized spacial score (nSPS) is 11.1. The first-order chi connectivity index (χ1) is 10.6. The highest BCUT2D eigenvalue weighted by Gasteiger charge is 2.09. The number of non-ortho nitro benzene ring substituents is 1. The van der Waals surface area contributed by atoms with E-state index in [0.717, 1.165) is 4.79 Å². The molecule has 0 radical (unpaired) electrons. The minimum absolute atomic E-state index is 0.00872. The SMILES string of the molecule is Nc1nnnn1N=Cc1ccc(-c2cccc([N+](=O)[O-])c2)o1. The molecule has 1 aromatic carbocycles. The quantitative estimate of drug-likeness (QED) is 0.435. The largest absolute Gasteiger partial charge is 0.455 e. The second-order valence-corrected chi connectivity index (χ2v) is 4.18. The number of nitro benzene ring substituents is 1. The van der Waals surface area contributed by atoms with Gasteiger partial charge in [-0.05, 0) is 22.6 Å². The fraction of sp³-hybridized carbons (Fsp3) is 0. The summed E-state index contributed by atoms with van der Waals surface area (Å²) in [6, 6.07) is 9.49. The summed E-state index contributed by atoms with van der Waals surface area (Å²) in [5.74, 6) is 0.952. The highest BCUT2D eigenvalue weighted by atomic mass is 16.6. The number of furan rings is 1. The van der Waals surface area contributed by atoms with Crippen LogP contribution in [0.5, 0.6) is 0 Å². The standard InChI is InChI=1S/C12H9N7O3/c13-12-15-16-17-18(12)14-7-10-4-5-11(22-10)8-2-1-3-9(6-8)19(20)21/h1-7H,(H2,13,15,17). The van der Waals surface area contributed by atoms with Gasteiger partial charge in [0.15, 0.2) is 0 Å². The molecule has 0 fully saturated rings. The summed E-state index contributed by atoms with van der Waals surface area (Å²) in [4.78, 5) is 11.4. The molecule has 0 atom stereocenters. The molecule has 3 rings (SSSR count). The zero-order valence-electron chi connectivity index (χ0n) is 11.0. The third-order valence-electron chi connectivity index (χ3n) is 2.74. The summed E-state index contributed by atoms with van der Waals surface area (Å²) in [5.41, 5.74) is 6.05. The van der Waals surface area contributed by atoms with Crippen molar-refractivity contribution < 1.29 is 9.34 Å². The van der Waals surface area contributed by atoms with Crippen LogP contribution in [0.2, 0.25) is 0 Å². The predicted molar refractivity (Wildman–Crippen MR) is 76.0 cm³/mol. The number of nitrogens with zero attached hydrogens (tertiary/aromatic N) is 6. The topological polar surface area (TPSA) is 138 Å². The van der Waals surface area contributed by atoms with E-state index in [1.165, 1.54) is 18.3 Å². The highest BCUT2D eigenvalue weighted by molar-refractivity contribution is 5.77.